The van der Waals surface area contributed by atoms with Crippen molar-refractivity contribution in [2.24, 2.45) is 0 Å². The minimum absolute atomic E-state index is 0.104. The van der Waals surface area contributed by atoms with Gasteiger partial charge in [0.05, 0.1) is 18.1 Å². The Labute approximate surface area is 175 Å². The first kappa shape index (κ1) is 23.4. The van der Waals surface area contributed by atoms with Crippen molar-refractivity contribution < 1.29 is 24.0 Å². The smallest absolute Gasteiger partial charge is 0.305 e. The zero-order valence-corrected chi connectivity index (χ0v) is 18.8. The zero-order valence-electron chi connectivity index (χ0n) is 18.8. The molecule has 0 saturated heterocycles. The van der Waals surface area contributed by atoms with E-state index in [9.17, 15) is 9.90 Å². The van der Waals surface area contributed by atoms with Crippen molar-refractivity contribution in [3.63, 3.8) is 0 Å². The summed E-state index contributed by atoms with van der Waals surface area (Å²) < 4.78 is 13.1. The number of benzene rings is 1. The summed E-state index contributed by atoms with van der Waals surface area (Å²) in [6.45, 7) is 12.6. The fraction of sp³-hybridized carbons (Fsp3) is 0.667. The molecule has 2 unspecified atom stereocenters. The highest BCUT2D eigenvalue weighted by Gasteiger charge is 2.46. The summed E-state index contributed by atoms with van der Waals surface area (Å²) >= 11 is 0. The van der Waals surface area contributed by atoms with Crippen molar-refractivity contribution >= 4 is 17.4 Å². The molecule has 0 amide bonds. The Morgan fingerprint density at radius 3 is 2.66 bits per heavy atom. The van der Waals surface area contributed by atoms with E-state index >= 15 is 0 Å². The van der Waals surface area contributed by atoms with Gasteiger partial charge in [-0.25, -0.2) is 0 Å². The number of hydrogen-bond acceptors (Lipinski definition) is 4. The SMILES string of the molecule is CCOC(=O)CCCCCC1(C)C(C)=[N+](CCC(C)OCC)c2ccc(O)cc21. The van der Waals surface area contributed by atoms with Crippen molar-refractivity contribution in [1.82, 2.24) is 0 Å². The quantitative estimate of drug-likeness (QED) is 0.299. The molecule has 1 heterocycles. The molecule has 1 aliphatic heterocycles. The number of rotatable bonds is 12. The van der Waals surface area contributed by atoms with Crippen LogP contribution in [0.15, 0.2) is 18.2 Å². The summed E-state index contributed by atoms with van der Waals surface area (Å²) in [5.74, 6) is 0.210. The van der Waals surface area contributed by atoms with Crippen molar-refractivity contribution in [2.45, 2.75) is 84.7 Å². The maximum absolute atomic E-state index is 11.5. The van der Waals surface area contributed by atoms with Gasteiger partial charge < -0.3 is 14.6 Å². The molecule has 1 aromatic carbocycles. The molecule has 0 aliphatic carbocycles. The largest absolute Gasteiger partial charge is 0.508 e. The number of phenols is 1. The minimum atomic E-state index is -0.104. The second-order valence-corrected chi connectivity index (χ2v) is 8.19. The molecule has 1 aromatic rings. The van der Waals surface area contributed by atoms with Gasteiger partial charge in [0.15, 0.2) is 12.3 Å². The van der Waals surface area contributed by atoms with Gasteiger partial charge >= 0.3 is 5.97 Å². The van der Waals surface area contributed by atoms with E-state index in [0.29, 0.717) is 18.8 Å². The molecule has 0 fully saturated rings. The summed E-state index contributed by atoms with van der Waals surface area (Å²) in [5.41, 5.74) is 3.61. The number of fused-ring (bicyclic) bond motifs is 1. The standard InChI is InChI=1S/C24H37NO4/c1-6-28-18(3)14-16-25-19(4)24(5,21-17-20(26)12-13-22(21)25)15-10-8-9-11-23(27)29-7-2/h12-13,17-18H,6-11,14-16H2,1-5H3/p+1. The normalized spacial score (nSPS) is 19.3. The molecule has 1 aliphatic rings. The summed E-state index contributed by atoms with van der Waals surface area (Å²) in [4.78, 5) is 11.5. The maximum atomic E-state index is 11.5. The number of carbonyl (C=O) groups is 1. The molecule has 0 aromatic heterocycles. The molecule has 5 heteroatoms. The molecule has 1 N–H and O–H groups in total. The molecule has 0 spiro atoms. The number of esters is 1. The van der Waals surface area contributed by atoms with Crippen LogP contribution < -0.4 is 0 Å². The average Bonchev–Trinajstić information content (AvgIpc) is 2.88. The first-order valence-electron chi connectivity index (χ1n) is 11.1. The first-order valence-corrected chi connectivity index (χ1v) is 11.1. The molecule has 162 valence electrons. The fourth-order valence-corrected chi connectivity index (χ4v) is 4.32. The Kier molecular flexibility index (Phi) is 8.69. The second kappa shape index (κ2) is 10.8. The third-order valence-corrected chi connectivity index (χ3v) is 6.14. The van der Waals surface area contributed by atoms with Gasteiger partial charge in [0.2, 0.25) is 5.69 Å². The highest BCUT2D eigenvalue weighted by Crippen LogP contribution is 2.44. The molecule has 29 heavy (non-hydrogen) atoms. The van der Waals surface area contributed by atoms with Gasteiger partial charge in [0, 0.05) is 38.0 Å². The number of aromatic hydroxyl groups is 1. The lowest BCUT2D eigenvalue weighted by atomic mass is 9.76. The van der Waals surface area contributed by atoms with Crippen LogP contribution in [0, 0.1) is 0 Å². The topological polar surface area (TPSA) is 58.8 Å². The van der Waals surface area contributed by atoms with E-state index in [0.717, 1.165) is 45.3 Å². The van der Waals surface area contributed by atoms with E-state index in [1.54, 1.807) is 6.07 Å². The summed E-state index contributed by atoms with van der Waals surface area (Å²) in [7, 11) is 0. The number of nitrogens with zero attached hydrogens (tertiary/aromatic N) is 1. The lowest BCUT2D eigenvalue weighted by molar-refractivity contribution is -0.441. The Morgan fingerprint density at radius 2 is 1.97 bits per heavy atom. The van der Waals surface area contributed by atoms with Gasteiger partial charge in [-0.2, -0.15) is 4.58 Å². The highest BCUT2D eigenvalue weighted by atomic mass is 16.5. The zero-order chi connectivity index (χ0) is 21.4. The van der Waals surface area contributed by atoms with Crippen LogP contribution in [0.5, 0.6) is 5.75 Å². The van der Waals surface area contributed by atoms with Gasteiger partial charge in [-0.05, 0) is 52.7 Å². The summed E-state index contributed by atoms with van der Waals surface area (Å²) in [5, 5.41) is 10.1. The maximum Gasteiger partial charge on any atom is 0.305 e. The average molecular weight is 405 g/mol. The Morgan fingerprint density at radius 1 is 1.21 bits per heavy atom. The van der Waals surface area contributed by atoms with Gasteiger partial charge in [0.1, 0.15) is 5.75 Å². The third-order valence-electron chi connectivity index (χ3n) is 6.14. The number of carbonyl (C=O) groups excluding carboxylic acids is 1. The van der Waals surface area contributed by atoms with Gasteiger partial charge in [-0.15, -0.1) is 0 Å². The van der Waals surface area contributed by atoms with E-state index in [1.165, 1.54) is 17.0 Å². The third kappa shape index (κ3) is 5.81. The molecule has 0 saturated carbocycles. The lowest BCUT2D eigenvalue weighted by Gasteiger charge is -2.22. The lowest BCUT2D eigenvalue weighted by Crippen LogP contribution is -2.31. The van der Waals surface area contributed by atoms with Gasteiger partial charge in [-0.3, -0.25) is 4.79 Å². The Hall–Kier alpha value is -1.88. The number of unbranched alkanes of at least 4 members (excludes halogenated alkanes) is 2. The molecule has 5 nitrogen and oxygen atoms in total. The first-order chi connectivity index (χ1) is 13.8. The van der Waals surface area contributed by atoms with Gasteiger partial charge in [0.25, 0.3) is 0 Å². The minimum Gasteiger partial charge on any atom is -0.508 e. The predicted octanol–water partition coefficient (Wildman–Crippen LogP) is 5.10. The fourth-order valence-electron chi connectivity index (χ4n) is 4.32. The molecule has 0 bridgehead atoms. The van der Waals surface area contributed by atoms with Crippen molar-refractivity contribution in [1.29, 1.82) is 0 Å². The molecular weight excluding hydrogens is 366 g/mol. The van der Waals surface area contributed by atoms with Gasteiger partial charge in [-0.1, -0.05) is 12.8 Å². The highest BCUT2D eigenvalue weighted by molar-refractivity contribution is 5.93. The summed E-state index contributed by atoms with van der Waals surface area (Å²) in [6, 6.07) is 5.73. The van der Waals surface area contributed by atoms with Crippen molar-refractivity contribution in [3.05, 3.63) is 23.8 Å². The van der Waals surface area contributed by atoms with Crippen LogP contribution in [0.1, 0.15) is 78.7 Å². The van der Waals surface area contributed by atoms with Crippen LogP contribution in [0.3, 0.4) is 0 Å². The molecule has 0 radical (unpaired) electrons. The van der Waals surface area contributed by atoms with E-state index in [4.69, 9.17) is 9.47 Å². The van der Waals surface area contributed by atoms with E-state index in [-0.39, 0.29) is 17.5 Å². The number of hydrogen-bond donors (Lipinski definition) is 1. The number of phenolic OH excluding ortho intramolecular Hbond substituents is 1. The van der Waals surface area contributed by atoms with Crippen LogP contribution in [-0.4, -0.2) is 47.2 Å². The second-order valence-electron chi connectivity index (χ2n) is 8.19. The van der Waals surface area contributed by atoms with E-state index in [1.807, 2.05) is 26.0 Å². The molecular formula is C24H38NO4+. The predicted molar refractivity (Wildman–Crippen MR) is 116 cm³/mol. The van der Waals surface area contributed by atoms with Crippen LogP contribution in [0.2, 0.25) is 0 Å². The molecule has 2 rings (SSSR count). The van der Waals surface area contributed by atoms with E-state index < -0.39 is 0 Å². The Bertz CT molecular complexity index is 728. The van der Waals surface area contributed by atoms with Crippen LogP contribution in [-0.2, 0) is 19.7 Å². The van der Waals surface area contributed by atoms with Crippen LogP contribution in [0.4, 0.5) is 5.69 Å². The Balaban J connectivity index is 2.08. The summed E-state index contributed by atoms with van der Waals surface area (Å²) in [6.07, 6.45) is 5.56. The van der Waals surface area contributed by atoms with Crippen molar-refractivity contribution in [2.75, 3.05) is 19.8 Å². The van der Waals surface area contributed by atoms with Crippen LogP contribution in [0.25, 0.3) is 0 Å². The van der Waals surface area contributed by atoms with Crippen molar-refractivity contribution in [3.8, 4) is 5.75 Å². The number of ether oxygens (including phenoxy) is 2. The van der Waals surface area contributed by atoms with Crippen LogP contribution >= 0.6 is 0 Å². The van der Waals surface area contributed by atoms with E-state index in [2.05, 4.69) is 25.3 Å². The molecule has 2 atom stereocenters. The monoisotopic (exact) mass is 404 g/mol.